The SMILES string of the molecule is Cc1ccc(N2CC(CNC(=O)c3ccc(F)c(F)c3F)OCC2=O)cc1. The van der Waals surface area contributed by atoms with Gasteiger partial charge in [0, 0.05) is 12.2 Å². The largest absolute Gasteiger partial charge is 0.365 e. The Morgan fingerprint density at radius 1 is 1.15 bits per heavy atom. The lowest BCUT2D eigenvalue weighted by atomic mass is 10.1. The minimum atomic E-state index is -1.70. The van der Waals surface area contributed by atoms with Crippen LogP contribution in [0.15, 0.2) is 36.4 Å². The van der Waals surface area contributed by atoms with Gasteiger partial charge in [-0.1, -0.05) is 17.7 Å². The summed E-state index contributed by atoms with van der Waals surface area (Å²) in [6.07, 6.45) is -0.527. The van der Waals surface area contributed by atoms with Crippen molar-refractivity contribution in [2.24, 2.45) is 0 Å². The minimum absolute atomic E-state index is 0.0209. The quantitative estimate of drug-likeness (QED) is 0.832. The van der Waals surface area contributed by atoms with E-state index in [2.05, 4.69) is 5.32 Å². The average molecular weight is 378 g/mol. The Kier molecular flexibility index (Phi) is 5.46. The van der Waals surface area contributed by atoms with Crippen LogP contribution in [-0.2, 0) is 9.53 Å². The van der Waals surface area contributed by atoms with Crippen molar-refractivity contribution in [1.29, 1.82) is 0 Å². The van der Waals surface area contributed by atoms with E-state index in [9.17, 15) is 22.8 Å². The van der Waals surface area contributed by atoms with Crippen molar-refractivity contribution in [1.82, 2.24) is 5.32 Å². The Balaban J connectivity index is 1.64. The molecule has 142 valence electrons. The molecule has 1 aliphatic rings. The summed E-state index contributed by atoms with van der Waals surface area (Å²) in [5.41, 5.74) is 1.16. The Hall–Kier alpha value is -2.87. The first-order valence-electron chi connectivity index (χ1n) is 8.27. The lowest BCUT2D eigenvalue weighted by Crippen LogP contribution is -2.50. The number of anilines is 1. The Morgan fingerprint density at radius 2 is 1.85 bits per heavy atom. The minimum Gasteiger partial charge on any atom is -0.365 e. The first-order valence-corrected chi connectivity index (χ1v) is 8.27. The summed E-state index contributed by atoms with van der Waals surface area (Å²) in [5, 5.41) is 2.42. The fourth-order valence-corrected chi connectivity index (χ4v) is 2.73. The second-order valence-corrected chi connectivity index (χ2v) is 6.21. The van der Waals surface area contributed by atoms with Crippen molar-refractivity contribution in [2.45, 2.75) is 13.0 Å². The molecule has 0 aromatic heterocycles. The van der Waals surface area contributed by atoms with Gasteiger partial charge in [-0.25, -0.2) is 13.2 Å². The maximum absolute atomic E-state index is 13.7. The number of nitrogens with one attached hydrogen (secondary N) is 1. The van der Waals surface area contributed by atoms with Crippen molar-refractivity contribution in [3.63, 3.8) is 0 Å². The molecule has 3 rings (SSSR count). The number of carbonyl (C=O) groups excluding carboxylic acids is 2. The normalized spacial score (nSPS) is 17.1. The van der Waals surface area contributed by atoms with Gasteiger partial charge in [-0.2, -0.15) is 0 Å². The van der Waals surface area contributed by atoms with Gasteiger partial charge >= 0.3 is 0 Å². The molecule has 5 nitrogen and oxygen atoms in total. The summed E-state index contributed by atoms with van der Waals surface area (Å²) in [6, 6.07) is 8.92. The average Bonchev–Trinajstić information content (AvgIpc) is 2.66. The third kappa shape index (κ3) is 4.11. The molecule has 2 aromatic rings. The van der Waals surface area contributed by atoms with Gasteiger partial charge in [0.2, 0.25) is 0 Å². The number of carbonyl (C=O) groups is 2. The molecule has 1 unspecified atom stereocenters. The third-order valence-corrected chi connectivity index (χ3v) is 4.25. The van der Waals surface area contributed by atoms with Gasteiger partial charge in [0.25, 0.3) is 11.8 Å². The Bertz CT molecular complexity index is 871. The highest BCUT2D eigenvalue weighted by Gasteiger charge is 2.28. The number of rotatable bonds is 4. The topological polar surface area (TPSA) is 58.6 Å². The number of amides is 2. The lowest BCUT2D eigenvalue weighted by molar-refractivity contribution is -0.129. The van der Waals surface area contributed by atoms with Crippen LogP contribution in [0.25, 0.3) is 0 Å². The maximum Gasteiger partial charge on any atom is 0.254 e. The van der Waals surface area contributed by atoms with Crippen LogP contribution in [0.5, 0.6) is 0 Å². The van der Waals surface area contributed by atoms with E-state index >= 15 is 0 Å². The molecule has 8 heteroatoms. The molecule has 0 saturated carbocycles. The summed E-state index contributed by atoms with van der Waals surface area (Å²) < 4.78 is 45.3. The van der Waals surface area contributed by atoms with Crippen LogP contribution in [0.3, 0.4) is 0 Å². The van der Waals surface area contributed by atoms with Crippen LogP contribution in [0.2, 0.25) is 0 Å². The number of hydrogen-bond donors (Lipinski definition) is 1. The van der Waals surface area contributed by atoms with E-state index in [4.69, 9.17) is 4.74 Å². The fourth-order valence-electron chi connectivity index (χ4n) is 2.73. The number of benzene rings is 2. The van der Waals surface area contributed by atoms with Crippen molar-refractivity contribution in [3.8, 4) is 0 Å². The van der Waals surface area contributed by atoms with E-state index < -0.39 is 35.0 Å². The van der Waals surface area contributed by atoms with Crippen LogP contribution in [0, 0.1) is 24.4 Å². The summed E-state index contributed by atoms with van der Waals surface area (Å²) in [4.78, 5) is 25.7. The van der Waals surface area contributed by atoms with Crippen molar-refractivity contribution in [2.75, 3.05) is 24.6 Å². The van der Waals surface area contributed by atoms with Crippen molar-refractivity contribution >= 4 is 17.5 Å². The highest BCUT2D eigenvalue weighted by Crippen LogP contribution is 2.19. The Morgan fingerprint density at radius 3 is 2.56 bits per heavy atom. The predicted octanol–water partition coefficient (Wildman–Crippen LogP) is 2.57. The van der Waals surface area contributed by atoms with Gasteiger partial charge in [0.15, 0.2) is 17.5 Å². The molecule has 1 aliphatic heterocycles. The molecular formula is C19H17F3N2O3. The number of hydrogen-bond acceptors (Lipinski definition) is 3. The molecule has 1 heterocycles. The van der Waals surface area contributed by atoms with Crippen molar-refractivity contribution < 1.29 is 27.5 Å². The molecule has 2 amide bonds. The van der Waals surface area contributed by atoms with E-state index in [0.29, 0.717) is 11.8 Å². The first-order chi connectivity index (χ1) is 12.9. The van der Waals surface area contributed by atoms with Gasteiger partial charge in [0.1, 0.15) is 6.61 Å². The number of nitrogens with zero attached hydrogens (tertiary/aromatic N) is 1. The predicted molar refractivity (Wildman–Crippen MR) is 91.9 cm³/mol. The zero-order chi connectivity index (χ0) is 19.6. The number of halogens is 3. The van der Waals surface area contributed by atoms with Gasteiger partial charge in [-0.05, 0) is 31.2 Å². The summed E-state index contributed by atoms with van der Waals surface area (Å²) in [7, 11) is 0. The van der Waals surface area contributed by atoms with E-state index in [-0.39, 0.29) is 25.6 Å². The van der Waals surface area contributed by atoms with Crippen LogP contribution < -0.4 is 10.2 Å². The molecule has 0 bridgehead atoms. The van der Waals surface area contributed by atoms with Gasteiger partial charge in [-0.3, -0.25) is 9.59 Å². The molecule has 1 N–H and O–H groups in total. The maximum atomic E-state index is 13.7. The summed E-state index contributed by atoms with van der Waals surface area (Å²) in [6.45, 7) is 1.95. The van der Waals surface area contributed by atoms with Crippen LogP contribution >= 0.6 is 0 Å². The molecule has 0 spiro atoms. The zero-order valence-electron chi connectivity index (χ0n) is 14.5. The lowest BCUT2D eigenvalue weighted by Gasteiger charge is -2.33. The summed E-state index contributed by atoms with van der Waals surface area (Å²) in [5.74, 6) is -5.73. The standard InChI is InChI=1S/C19H17F3N2O3/c1-11-2-4-12(5-3-11)24-9-13(27-10-16(24)25)8-23-19(26)14-6-7-15(20)18(22)17(14)21/h2-7,13H,8-10H2,1H3,(H,23,26). The third-order valence-electron chi connectivity index (χ3n) is 4.25. The first kappa shape index (κ1) is 18.9. The number of aryl methyl sites for hydroxylation is 1. The molecule has 1 saturated heterocycles. The fraction of sp³-hybridized carbons (Fsp3) is 0.263. The highest BCUT2D eigenvalue weighted by atomic mass is 19.2. The molecule has 27 heavy (non-hydrogen) atoms. The molecular weight excluding hydrogens is 361 g/mol. The van der Waals surface area contributed by atoms with Gasteiger partial charge < -0.3 is 15.0 Å². The van der Waals surface area contributed by atoms with E-state index in [1.54, 1.807) is 0 Å². The number of ether oxygens (including phenoxy) is 1. The molecule has 1 atom stereocenters. The smallest absolute Gasteiger partial charge is 0.254 e. The molecule has 0 aliphatic carbocycles. The van der Waals surface area contributed by atoms with E-state index in [1.165, 1.54) is 4.90 Å². The second kappa shape index (κ2) is 7.79. The van der Waals surface area contributed by atoms with E-state index in [0.717, 1.165) is 11.6 Å². The van der Waals surface area contributed by atoms with Crippen molar-refractivity contribution in [3.05, 3.63) is 65.0 Å². The van der Waals surface area contributed by atoms with Gasteiger partial charge in [0.05, 0.1) is 18.2 Å². The zero-order valence-corrected chi connectivity index (χ0v) is 14.5. The van der Waals surface area contributed by atoms with Gasteiger partial charge in [-0.15, -0.1) is 0 Å². The Labute approximate surface area is 153 Å². The van der Waals surface area contributed by atoms with Crippen LogP contribution in [0.4, 0.5) is 18.9 Å². The second-order valence-electron chi connectivity index (χ2n) is 6.21. The van der Waals surface area contributed by atoms with E-state index in [1.807, 2.05) is 31.2 Å². The highest BCUT2D eigenvalue weighted by molar-refractivity contribution is 5.95. The molecule has 1 fully saturated rings. The summed E-state index contributed by atoms with van der Waals surface area (Å²) >= 11 is 0. The monoisotopic (exact) mass is 378 g/mol. The van der Waals surface area contributed by atoms with Crippen LogP contribution in [0.1, 0.15) is 15.9 Å². The number of morpholine rings is 1. The van der Waals surface area contributed by atoms with Crippen LogP contribution in [-0.4, -0.2) is 37.6 Å². The molecule has 0 radical (unpaired) electrons. The molecule has 2 aromatic carbocycles.